The maximum Gasteiger partial charge on any atom is 0.191 e. The molecule has 0 amide bonds. The predicted molar refractivity (Wildman–Crippen MR) is 95.7 cm³/mol. The molecule has 2 aromatic heterocycles. The first-order chi connectivity index (χ1) is 9.29. The number of halogens is 1. The molecule has 2 aromatic rings. The highest BCUT2D eigenvalue weighted by Crippen LogP contribution is 2.05. The summed E-state index contributed by atoms with van der Waals surface area (Å²) >= 11 is 1.70. The van der Waals surface area contributed by atoms with E-state index in [1.807, 2.05) is 12.3 Å². The third-order valence-corrected chi connectivity index (χ3v) is 3.54. The van der Waals surface area contributed by atoms with Crippen LogP contribution in [0.3, 0.4) is 0 Å². The smallest absolute Gasteiger partial charge is 0.191 e. The maximum atomic E-state index is 4.35. The number of rotatable bonds is 4. The zero-order valence-electron chi connectivity index (χ0n) is 11.6. The molecule has 4 nitrogen and oxygen atoms in total. The SMILES string of the molecule is CN=C(NCc1ccsc1)NCc1ncccc1C.I. The molecule has 2 heterocycles. The van der Waals surface area contributed by atoms with Crippen molar-refractivity contribution in [2.75, 3.05) is 7.05 Å². The van der Waals surface area contributed by atoms with E-state index in [1.165, 1.54) is 11.1 Å². The summed E-state index contributed by atoms with van der Waals surface area (Å²) < 4.78 is 0. The largest absolute Gasteiger partial charge is 0.352 e. The number of guanidine groups is 1. The fourth-order valence-corrected chi connectivity index (χ4v) is 2.34. The van der Waals surface area contributed by atoms with E-state index in [0.29, 0.717) is 6.54 Å². The minimum atomic E-state index is 0. The van der Waals surface area contributed by atoms with E-state index >= 15 is 0 Å². The fraction of sp³-hybridized carbons (Fsp3) is 0.286. The number of nitrogens with one attached hydrogen (secondary N) is 2. The first-order valence-corrected chi connectivity index (χ1v) is 7.10. The normalized spacial score (nSPS) is 10.8. The molecule has 0 bridgehead atoms. The molecule has 0 unspecified atom stereocenters. The molecule has 6 heteroatoms. The van der Waals surface area contributed by atoms with Gasteiger partial charge in [0.05, 0.1) is 12.2 Å². The third kappa shape index (κ3) is 5.09. The first-order valence-electron chi connectivity index (χ1n) is 6.15. The van der Waals surface area contributed by atoms with E-state index in [2.05, 4.69) is 50.4 Å². The second-order valence-electron chi connectivity index (χ2n) is 4.18. The van der Waals surface area contributed by atoms with Crippen molar-refractivity contribution in [1.29, 1.82) is 0 Å². The van der Waals surface area contributed by atoms with Crippen LogP contribution in [-0.4, -0.2) is 18.0 Å². The Hall–Kier alpha value is -1.15. The Morgan fingerprint density at radius 3 is 2.75 bits per heavy atom. The summed E-state index contributed by atoms with van der Waals surface area (Å²) in [5.74, 6) is 0.788. The van der Waals surface area contributed by atoms with Crippen molar-refractivity contribution in [3.63, 3.8) is 0 Å². The number of hydrogen-bond acceptors (Lipinski definition) is 3. The van der Waals surface area contributed by atoms with Crippen molar-refractivity contribution >= 4 is 41.3 Å². The fourth-order valence-electron chi connectivity index (χ4n) is 1.67. The maximum absolute atomic E-state index is 4.35. The van der Waals surface area contributed by atoms with Gasteiger partial charge in [0.25, 0.3) is 0 Å². The van der Waals surface area contributed by atoms with Crippen LogP contribution in [0.5, 0.6) is 0 Å². The lowest BCUT2D eigenvalue weighted by Gasteiger charge is -2.12. The molecule has 2 rings (SSSR count). The quantitative estimate of drug-likeness (QED) is 0.470. The molecule has 0 aromatic carbocycles. The Morgan fingerprint density at radius 2 is 2.10 bits per heavy atom. The number of aryl methyl sites for hydroxylation is 1. The molecule has 0 aliphatic heterocycles. The Kier molecular flexibility index (Phi) is 7.53. The molecule has 0 saturated heterocycles. The average Bonchev–Trinajstić information content (AvgIpc) is 2.94. The van der Waals surface area contributed by atoms with E-state index in [-0.39, 0.29) is 24.0 Å². The first kappa shape index (κ1) is 16.9. The van der Waals surface area contributed by atoms with E-state index < -0.39 is 0 Å². The van der Waals surface area contributed by atoms with Gasteiger partial charge < -0.3 is 10.6 Å². The topological polar surface area (TPSA) is 49.3 Å². The van der Waals surface area contributed by atoms with E-state index in [0.717, 1.165) is 18.2 Å². The standard InChI is InChI=1S/C14H18N4S.HI/c1-11-4-3-6-16-13(11)9-18-14(15-2)17-8-12-5-7-19-10-12;/h3-7,10H,8-9H2,1-2H3,(H2,15,17,18);1H. The van der Waals surface area contributed by atoms with Crippen molar-refractivity contribution in [1.82, 2.24) is 15.6 Å². The lowest BCUT2D eigenvalue weighted by molar-refractivity contribution is 0.791. The molecule has 0 aliphatic rings. The number of nitrogens with zero attached hydrogens (tertiary/aromatic N) is 2. The van der Waals surface area contributed by atoms with Gasteiger partial charge in [-0.15, -0.1) is 24.0 Å². The number of aliphatic imine (C=N–C) groups is 1. The zero-order chi connectivity index (χ0) is 13.5. The van der Waals surface area contributed by atoms with E-state index in [4.69, 9.17) is 0 Å². The van der Waals surface area contributed by atoms with Gasteiger partial charge in [-0.2, -0.15) is 11.3 Å². The second-order valence-corrected chi connectivity index (χ2v) is 4.96. The van der Waals surface area contributed by atoms with Crippen LogP contribution in [0, 0.1) is 6.92 Å². The summed E-state index contributed by atoms with van der Waals surface area (Å²) in [6, 6.07) is 6.11. The van der Waals surface area contributed by atoms with E-state index in [1.54, 1.807) is 18.4 Å². The summed E-state index contributed by atoms with van der Waals surface area (Å²) in [7, 11) is 1.77. The van der Waals surface area contributed by atoms with Gasteiger partial charge in [0.15, 0.2) is 5.96 Å². The van der Waals surface area contributed by atoms with Gasteiger partial charge in [-0.3, -0.25) is 9.98 Å². The monoisotopic (exact) mass is 402 g/mol. The Bertz CT molecular complexity index is 540. The Morgan fingerprint density at radius 1 is 1.30 bits per heavy atom. The molecule has 0 spiro atoms. The van der Waals surface area contributed by atoms with Crippen LogP contribution in [0.2, 0.25) is 0 Å². The average molecular weight is 402 g/mol. The number of hydrogen-bond donors (Lipinski definition) is 2. The lowest BCUT2D eigenvalue weighted by Crippen LogP contribution is -2.36. The van der Waals surface area contributed by atoms with Crippen LogP contribution >= 0.6 is 35.3 Å². The lowest BCUT2D eigenvalue weighted by atomic mass is 10.2. The van der Waals surface area contributed by atoms with Crippen molar-refractivity contribution in [3.8, 4) is 0 Å². The molecule has 0 fully saturated rings. The minimum Gasteiger partial charge on any atom is -0.352 e. The second kappa shape index (κ2) is 8.91. The molecule has 0 radical (unpaired) electrons. The van der Waals surface area contributed by atoms with Gasteiger partial charge in [0, 0.05) is 19.8 Å². The summed E-state index contributed by atoms with van der Waals surface area (Å²) in [6.07, 6.45) is 1.81. The molecule has 2 N–H and O–H groups in total. The van der Waals surface area contributed by atoms with Crippen molar-refractivity contribution in [2.45, 2.75) is 20.0 Å². The van der Waals surface area contributed by atoms with Gasteiger partial charge >= 0.3 is 0 Å². The molecular formula is C14H19IN4S. The third-order valence-electron chi connectivity index (χ3n) is 2.80. The highest BCUT2D eigenvalue weighted by atomic mass is 127. The summed E-state index contributed by atoms with van der Waals surface area (Å²) in [6.45, 7) is 3.52. The number of pyridine rings is 1. The van der Waals surface area contributed by atoms with Crippen LogP contribution in [-0.2, 0) is 13.1 Å². The molecule has 20 heavy (non-hydrogen) atoms. The molecule has 0 atom stereocenters. The van der Waals surface area contributed by atoms with Crippen LogP contribution < -0.4 is 10.6 Å². The van der Waals surface area contributed by atoms with Crippen LogP contribution in [0.15, 0.2) is 40.1 Å². The van der Waals surface area contributed by atoms with Crippen LogP contribution in [0.4, 0.5) is 0 Å². The van der Waals surface area contributed by atoms with Crippen LogP contribution in [0.1, 0.15) is 16.8 Å². The predicted octanol–water partition coefficient (Wildman–Crippen LogP) is 2.93. The highest BCUT2D eigenvalue weighted by molar-refractivity contribution is 14.0. The minimum absolute atomic E-state index is 0. The van der Waals surface area contributed by atoms with E-state index in [9.17, 15) is 0 Å². The summed E-state index contributed by atoms with van der Waals surface area (Å²) in [4.78, 5) is 8.55. The Balaban J connectivity index is 0.00000200. The van der Waals surface area contributed by atoms with Gasteiger partial charge in [-0.25, -0.2) is 0 Å². The van der Waals surface area contributed by atoms with Crippen molar-refractivity contribution < 1.29 is 0 Å². The summed E-state index contributed by atoms with van der Waals surface area (Å²) in [5.41, 5.74) is 3.49. The van der Waals surface area contributed by atoms with Gasteiger partial charge in [0.2, 0.25) is 0 Å². The molecule has 0 aliphatic carbocycles. The molecular weight excluding hydrogens is 383 g/mol. The molecule has 0 saturated carbocycles. The van der Waals surface area contributed by atoms with Crippen molar-refractivity contribution in [3.05, 3.63) is 52.0 Å². The zero-order valence-corrected chi connectivity index (χ0v) is 14.7. The highest BCUT2D eigenvalue weighted by Gasteiger charge is 2.01. The van der Waals surface area contributed by atoms with Crippen LogP contribution in [0.25, 0.3) is 0 Å². The summed E-state index contributed by atoms with van der Waals surface area (Å²) in [5, 5.41) is 10.8. The van der Waals surface area contributed by atoms with Crippen molar-refractivity contribution in [2.24, 2.45) is 4.99 Å². The van der Waals surface area contributed by atoms with Gasteiger partial charge in [-0.05, 0) is 40.9 Å². The molecule has 108 valence electrons. The Labute approximate surface area is 140 Å². The van der Waals surface area contributed by atoms with Gasteiger partial charge in [-0.1, -0.05) is 6.07 Å². The van der Waals surface area contributed by atoms with Gasteiger partial charge in [0.1, 0.15) is 0 Å². The number of aromatic nitrogens is 1. The number of thiophene rings is 1.